The van der Waals surface area contributed by atoms with E-state index >= 15 is 0 Å². The summed E-state index contributed by atoms with van der Waals surface area (Å²) in [4.78, 5) is 21.3. The quantitative estimate of drug-likeness (QED) is 0.671. The summed E-state index contributed by atoms with van der Waals surface area (Å²) in [6.07, 6.45) is 0. The van der Waals surface area contributed by atoms with Crippen molar-refractivity contribution in [3.8, 4) is 0 Å². The Bertz CT molecular complexity index is 988. The van der Waals surface area contributed by atoms with Crippen LogP contribution in [0, 0.1) is 20.8 Å². The van der Waals surface area contributed by atoms with Gasteiger partial charge in [-0.25, -0.2) is 9.97 Å². The number of nitrogens with zero attached hydrogens (tertiary/aromatic N) is 2. The number of carbonyl (C=O) groups is 1. The van der Waals surface area contributed by atoms with E-state index in [-0.39, 0.29) is 5.91 Å². The highest BCUT2D eigenvalue weighted by atomic mass is 35.5. The fourth-order valence-corrected chi connectivity index (χ4v) is 2.85. The highest BCUT2D eigenvalue weighted by molar-refractivity contribution is 6.31. The van der Waals surface area contributed by atoms with Gasteiger partial charge < -0.3 is 10.6 Å². The molecule has 6 heteroatoms. The van der Waals surface area contributed by atoms with E-state index in [4.69, 9.17) is 11.6 Å². The molecule has 1 heterocycles. The fraction of sp³-hybridized carbons (Fsp3) is 0.190. The molecule has 0 aliphatic rings. The number of hydrogen-bond acceptors (Lipinski definition) is 4. The molecule has 0 aliphatic heterocycles. The van der Waals surface area contributed by atoms with Gasteiger partial charge in [-0.1, -0.05) is 41.9 Å². The van der Waals surface area contributed by atoms with Crippen molar-refractivity contribution in [2.24, 2.45) is 0 Å². The molecule has 0 fully saturated rings. The first-order valence-corrected chi connectivity index (χ1v) is 9.02. The SMILES string of the molecule is Cc1cc(C(=O)NCc2ccccc2C)nc(Nc2cccc(Cl)c2C)n1. The molecule has 0 unspecified atom stereocenters. The fourth-order valence-electron chi connectivity index (χ4n) is 2.68. The van der Waals surface area contributed by atoms with E-state index in [1.165, 1.54) is 0 Å². The lowest BCUT2D eigenvalue weighted by atomic mass is 10.1. The Morgan fingerprint density at radius 3 is 2.59 bits per heavy atom. The van der Waals surface area contributed by atoms with Crippen LogP contribution in [0.15, 0.2) is 48.5 Å². The number of benzene rings is 2. The first-order valence-electron chi connectivity index (χ1n) is 8.64. The van der Waals surface area contributed by atoms with Crippen molar-refractivity contribution in [1.29, 1.82) is 0 Å². The predicted molar refractivity (Wildman–Crippen MR) is 109 cm³/mol. The van der Waals surface area contributed by atoms with Crippen LogP contribution in [-0.4, -0.2) is 15.9 Å². The summed E-state index contributed by atoms with van der Waals surface area (Å²) >= 11 is 6.16. The lowest BCUT2D eigenvalue weighted by molar-refractivity contribution is 0.0945. The van der Waals surface area contributed by atoms with E-state index < -0.39 is 0 Å². The largest absolute Gasteiger partial charge is 0.347 e. The minimum Gasteiger partial charge on any atom is -0.347 e. The number of rotatable bonds is 5. The van der Waals surface area contributed by atoms with Crippen LogP contribution in [0.1, 0.15) is 32.9 Å². The molecule has 0 saturated heterocycles. The molecule has 1 aromatic heterocycles. The average Bonchev–Trinajstić information content (AvgIpc) is 2.64. The summed E-state index contributed by atoms with van der Waals surface area (Å²) < 4.78 is 0. The Morgan fingerprint density at radius 1 is 1.04 bits per heavy atom. The summed E-state index contributed by atoms with van der Waals surface area (Å²) in [6, 6.07) is 15.2. The van der Waals surface area contributed by atoms with Crippen LogP contribution in [0.4, 0.5) is 11.6 Å². The van der Waals surface area contributed by atoms with Crippen molar-refractivity contribution in [2.45, 2.75) is 27.3 Å². The molecule has 0 saturated carbocycles. The standard InChI is InChI=1S/C21H21ClN4O/c1-13-7-4-5-8-16(13)12-23-20(27)19-11-14(2)24-21(26-19)25-18-10-6-9-17(22)15(18)3/h4-11H,12H2,1-3H3,(H,23,27)(H,24,25,26). The van der Waals surface area contributed by atoms with Crippen molar-refractivity contribution in [2.75, 3.05) is 5.32 Å². The molecule has 0 radical (unpaired) electrons. The smallest absolute Gasteiger partial charge is 0.270 e. The molecular formula is C21H21ClN4O. The normalized spacial score (nSPS) is 10.5. The highest BCUT2D eigenvalue weighted by Gasteiger charge is 2.12. The third kappa shape index (κ3) is 4.63. The molecular weight excluding hydrogens is 360 g/mol. The minimum atomic E-state index is -0.241. The van der Waals surface area contributed by atoms with Crippen molar-refractivity contribution in [3.63, 3.8) is 0 Å². The van der Waals surface area contributed by atoms with Gasteiger partial charge in [0, 0.05) is 22.9 Å². The van der Waals surface area contributed by atoms with Crippen LogP contribution in [0.2, 0.25) is 5.02 Å². The third-order valence-electron chi connectivity index (χ3n) is 4.30. The highest BCUT2D eigenvalue weighted by Crippen LogP contribution is 2.25. The maximum atomic E-state index is 12.6. The second-order valence-corrected chi connectivity index (χ2v) is 6.77. The van der Waals surface area contributed by atoms with E-state index in [0.717, 1.165) is 22.4 Å². The Morgan fingerprint density at radius 2 is 1.81 bits per heavy atom. The van der Waals surface area contributed by atoms with E-state index in [1.54, 1.807) is 6.07 Å². The Hall–Kier alpha value is -2.92. The van der Waals surface area contributed by atoms with E-state index in [1.807, 2.05) is 63.2 Å². The van der Waals surface area contributed by atoms with Crippen molar-refractivity contribution in [1.82, 2.24) is 15.3 Å². The second-order valence-electron chi connectivity index (χ2n) is 6.36. The molecule has 1 amide bonds. The van der Waals surface area contributed by atoms with Gasteiger partial charge in [0.1, 0.15) is 5.69 Å². The Labute approximate surface area is 163 Å². The van der Waals surface area contributed by atoms with Crippen LogP contribution in [-0.2, 0) is 6.54 Å². The number of hydrogen-bond donors (Lipinski definition) is 2. The van der Waals surface area contributed by atoms with Crippen molar-refractivity contribution >= 4 is 29.1 Å². The topological polar surface area (TPSA) is 66.9 Å². The molecule has 3 rings (SSSR count). The van der Waals surface area contributed by atoms with Crippen LogP contribution in [0.25, 0.3) is 0 Å². The molecule has 2 aromatic carbocycles. The molecule has 0 atom stereocenters. The second kappa shape index (κ2) is 8.18. The van der Waals surface area contributed by atoms with Gasteiger partial charge in [-0.2, -0.15) is 0 Å². The van der Waals surface area contributed by atoms with Crippen LogP contribution in [0.3, 0.4) is 0 Å². The summed E-state index contributed by atoms with van der Waals surface area (Å²) in [6.45, 7) is 6.21. The predicted octanol–water partition coefficient (Wildman–Crippen LogP) is 4.73. The number of nitrogens with one attached hydrogen (secondary N) is 2. The molecule has 27 heavy (non-hydrogen) atoms. The zero-order chi connectivity index (χ0) is 19.4. The van der Waals surface area contributed by atoms with Gasteiger partial charge in [-0.3, -0.25) is 4.79 Å². The number of aryl methyl sites for hydroxylation is 2. The maximum Gasteiger partial charge on any atom is 0.270 e. The molecule has 2 N–H and O–H groups in total. The lowest BCUT2D eigenvalue weighted by Crippen LogP contribution is -2.24. The van der Waals surface area contributed by atoms with Crippen molar-refractivity contribution in [3.05, 3.63) is 81.6 Å². The van der Waals surface area contributed by atoms with Gasteiger partial charge in [-0.15, -0.1) is 0 Å². The van der Waals surface area contributed by atoms with E-state index in [0.29, 0.717) is 28.9 Å². The number of aromatic nitrogens is 2. The average molecular weight is 381 g/mol. The molecule has 0 spiro atoms. The summed E-state index contributed by atoms with van der Waals surface area (Å²) in [7, 11) is 0. The Kier molecular flexibility index (Phi) is 5.72. The number of carbonyl (C=O) groups excluding carboxylic acids is 1. The Balaban J connectivity index is 1.77. The monoisotopic (exact) mass is 380 g/mol. The first kappa shape index (κ1) is 18.9. The van der Waals surface area contributed by atoms with E-state index in [2.05, 4.69) is 20.6 Å². The molecule has 5 nitrogen and oxygen atoms in total. The summed E-state index contributed by atoms with van der Waals surface area (Å²) in [5.41, 5.74) is 4.93. The van der Waals surface area contributed by atoms with Crippen LogP contribution >= 0.6 is 11.6 Å². The zero-order valence-corrected chi connectivity index (χ0v) is 16.3. The lowest BCUT2D eigenvalue weighted by Gasteiger charge is -2.12. The molecule has 0 aliphatic carbocycles. The molecule has 138 valence electrons. The van der Waals surface area contributed by atoms with Crippen LogP contribution in [0.5, 0.6) is 0 Å². The van der Waals surface area contributed by atoms with E-state index in [9.17, 15) is 4.79 Å². The van der Waals surface area contributed by atoms with Gasteiger partial charge >= 0.3 is 0 Å². The first-order chi connectivity index (χ1) is 12.9. The molecule has 3 aromatic rings. The summed E-state index contributed by atoms with van der Waals surface area (Å²) in [5.74, 6) is 0.121. The number of halogens is 1. The minimum absolute atomic E-state index is 0.241. The summed E-state index contributed by atoms with van der Waals surface area (Å²) in [5, 5.41) is 6.72. The molecule has 0 bridgehead atoms. The maximum absolute atomic E-state index is 12.6. The van der Waals surface area contributed by atoms with Gasteiger partial charge in [0.05, 0.1) is 0 Å². The number of anilines is 2. The zero-order valence-electron chi connectivity index (χ0n) is 15.5. The van der Waals surface area contributed by atoms with Gasteiger partial charge in [0.15, 0.2) is 0 Å². The van der Waals surface area contributed by atoms with Gasteiger partial charge in [-0.05, 0) is 55.7 Å². The van der Waals surface area contributed by atoms with Crippen LogP contribution < -0.4 is 10.6 Å². The third-order valence-corrected chi connectivity index (χ3v) is 4.71. The number of amides is 1. The van der Waals surface area contributed by atoms with Crippen molar-refractivity contribution < 1.29 is 4.79 Å². The van der Waals surface area contributed by atoms with Gasteiger partial charge in [0.2, 0.25) is 5.95 Å². The van der Waals surface area contributed by atoms with Gasteiger partial charge in [0.25, 0.3) is 5.91 Å².